The topological polar surface area (TPSA) is 27.7 Å². The zero-order valence-electron chi connectivity index (χ0n) is 24.3. The summed E-state index contributed by atoms with van der Waals surface area (Å²) >= 11 is 0. The largest absolute Gasteiger partial charge is 0.343 e. The summed E-state index contributed by atoms with van der Waals surface area (Å²) in [6.45, 7) is 29.0. The van der Waals surface area contributed by atoms with E-state index in [1.165, 1.54) is 19.0 Å². The smallest absolute Gasteiger partial charge is 0.172 e. The molecule has 198 valence electrons. The van der Waals surface area contributed by atoms with E-state index in [0.29, 0.717) is 22.1 Å². The van der Waals surface area contributed by atoms with Gasteiger partial charge in [0.05, 0.1) is 11.2 Å². The minimum Gasteiger partial charge on any atom is -0.343 e. The lowest BCUT2D eigenvalue weighted by Crippen LogP contribution is -2.84. The van der Waals surface area contributed by atoms with Gasteiger partial charge in [-0.3, -0.25) is 0 Å². The van der Waals surface area contributed by atoms with Crippen LogP contribution in [-0.4, -0.2) is 45.4 Å². The summed E-state index contributed by atoms with van der Waals surface area (Å²) in [4.78, 5) is 0. The molecule has 5 heteroatoms. The molecule has 5 rings (SSSR count). The van der Waals surface area contributed by atoms with Gasteiger partial charge < -0.3 is 14.2 Å². The van der Waals surface area contributed by atoms with Crippen LogP contribution in [-0.2, 0) is 14.2 Å². The van der Waals surface area contributed by atoms with E-state index in [1.807, 2.05) is 0 Å². The van der Waals surface area contributed by atoms with E-state index in [2.05, 4.69) is 92.3 Å². The van der Waals surface area contributed by atoms with Crippen molar-refractivity contribution in [3.63, 3.8) is 0 Å². The van der Waals surface area contributed by atoms with Crippen molar-refractivity contribution in [2.75, 3.05) is 12.3 Å². The van der Waals surface area contributed by atoms with Crippen molar-refractivity contribution in [2.45, 2.75) is 142 Å². The molecule has 0 aromatic carbocycles. The van der Waals surface area contributed by atoms with E-state index in [-0.39, 0.29) is 24.5 Å². The summed E-state index contributed by atoms with van der Waals surface area (Å²) in [6, 6.07) is 0. The van der Waals surface area contributed by atoms with Crippen molar-refractivity contribution in [2.24, 2.45) is 29.1 Å². The second-order valence-corrected chi connectivity index (χ2v) is 19.6. The van der Waals surface area contributed by atoms with Crippen molar-refractivity contribution in [1.82, 2.24) is 0 Å². The van der Waals surface area contributed by atoms with Gasteiger partial charge in [0.1, 0.15) is 0 Å². The van der Waals surface area contributed by atoms with Crippen molar-refractivity contribution >= 4 is 17.2 Å². The summed E-state index contributed by atoms with van der Waals surface area (Å²) in [5.74, 6) is 1.70. The third-order valence-corrected chi connectivity index (χ3v) is 15.1. The SMILES string of the molecule is CC1CC(C2(CP)C3(C)CC4(C)OC(C)(CC2(C)O4)O3)[C@H](CP(C(C)(C)C)C(C)(C)C)C[C@@H]1C. The first-order valence-electron chi connectivity index (χ1n) is 13.8. The Hall–Kier alpha value is 0.740. The molecule has 5 fully saturated rings. The fourth-order valence-electron chi connectivity index (χ4n) is 9.61. The van der Waals surface area contributed by atoms with Crippen LogP contribution in [0.2, 0.25) is 0 Å². The number of hydrogen-bond donors (Lipinski definition) is 0. The second kappa shape index (κ2) is 8.12. The predicted molar refractivity (Wildman–Crippen MR) is 149 cm³/mol. The average Bonchev–Trinajstić information content (AvgIpc) is 2.57. The summed E-state index contributed by atoms with van der Waals surface area (Å²) in [6.07, 6.45) is 6.63. The highest BCUT2D eigenvalue weighted by Crippen LogP contribution is 2.73. The fourth-order valence-corrected chi connectivity index (χ4v) is 14.8. The molecule has 9 atom stereocenters. The van der Waals surface area contributed by atoms with E-state index in [9.17, 15) is 0 Å². The van der Waals surface area contributed by atoms with Crippen LogP contribution in [0.5, 0.6) is 0 Å². The molecule has 5 aliphatic rings. The van der Waals surface area contributed by atoms with Gasteiger partial charge in [-0.2, -0.15) is 0 Å². The Labute approximate surface area is 214 Å². The van der Waals surface area contributed by atoms with E-state index in [0.717, 1.165) is 30.8 Å². The molecule has 4 aliphatic heterocycles. The van der Waals surface area contributed by atoms with Gasteiger partial charge in [0.25, 0.3) is 0 Å². The third-order valence-electron chi connectivity index (χ3n) is 10.4. The zero-order valence-corrected chi connectivity index (χ0v) is 26.4. The van der Waals surface area contributed by atoms with Crippen molar-refractivity contribution in [3.8, 4) is 0 Å². The molecule has 4 saturated heterocycles. The first-order valence-corrected chi connectivity index (χ1v) is 16.2. The van der Waals surface area contributed by atoms with Crippen LogP contribution in [0.25, 0.3) is 0 Å². The Morgan fingerprint density at radius 3 is 1.62 bits per heavy atom. The van der Waals surface area contributed by atoms with E-state index < -0.39 is 11.6 Å². The van der Waals surface area contributed by atoms with Crippen LogP contribution in [0, 0.1) is 29.1 Å². The van der Waals surface area contributed by atoms with E-state index in [4.69, 9.17) is 14.2 Å². The monoisotopic (exact) mass is 512 g/mol. The molecular weight excluding hydrogens is 458 g/mol. The molecule has 0 amide bonds. The molecule has 1 saturated carbocycles. The van der Waals surface area contributed by atoms with E-state index in [1.54, 1.807) is 0 Å². The molecule has 0 radical (unpaired) electrons. The molecule has 4 heterocycles. The van der Waals surface area contributed by atoms with Crippen LogP contribution >= 0.6 is 17.2 Å². The number of hydrogen-bond acceptors (Lipinski definition) is 3. The highest BCUT2D eigenvalue weighted by atomic mass is 31.1. The molecule has 4 bridgehead atoms. The summed E-state index contributed by atoms with van der Waals surface area (Å²) in [7, 11) is 3.02. The van der Waals surface area contributed by atoms with Gasteiger partial charge in [0.2, 0.25) is 0 Å². The molecule has 0 spiro atoms. The highest BCUT2D eigenvalue weighted by molar-refractivity contribution is 7.60. The van der Waals surface area contributed by atoms with Crippen LogP contribution in [0.3, 0.4) is 0 Å². The Balaban J connectivity index is 1.82. The second-order valence-electron chi connectivity index (χ2n) is 15.3. The number of rotatable bonds is 4. The van der Waals surface area contributed by atoms with E-state index >= 15 is 0 Å². The average molecular weight is 513 g/mol. The van der Waals surface area contributed by atoms with Crippen LogP contribution in [0.1, 0.15) is 109 Å². The Morgan fingerprint density at radius 1 is 0.765 bits per heavy atom. The van der Waals surface area contributed by atoms with Crippen molar-refractivity contribution < 1.29 is 14.2 Å². The molecule has 0 aromatic heterocycles. The van der Waals surface area contributed by atoms with Gasteiger partial charge in [0.15, 0.2) is 11.6 Å². The van der Waals surface area contributed by atoms with Crippen LogP contribution in [0.15, 0.2) is 0 Å². The normalized spacial score (nSPS) is 51.4. The van der Waals surface area contributed by atoms with Gasteiger partial charge in [-0.25, -0.2) is 0 Å². The Bertz CT molecular complexity index is 738. The first kappa shape index (κ1) is 27.8. The van der Waals surface area contributed by atoms with Crippen LogP contribution < -0.4 is 0 Å². The molecule has 0 N–H and O–H groups in total. The maximum absolute atomic E-state index is 7.03. The van der Waals surface area contributed by atoms with Gasteiger partial charge >= 0.3 is 0 Å². The minimum absolute atomic E-state index is 0.0384. The summed E-state index contributed by atoms with van der Waals surface area (Å²) < 4.78 is 20.5. The Kier molecular flexibility index (Phi) is 6.63. The minimum atomic E-state index is -0.551. The third kappa shape index (κ3) is 4.10. The van der Waals surface area contributed by atoms with Crippen molar-refractivity contribution in [3.05, 3.63) is 0 Å². The molecular formula is C29H54O3P2. The first-order chi connectivity index (χ1) is 15.2. The predicted octanol–water partition coefficient (Wildman–Crippen LogP) is 8.05. The lowest BCUT2D eigenvalue weighted by molar-refractivity contribution is -0.549. The molecule has 3 nitrogen and oxygen atoms in total. The molecule has 34 heavy (non-hydrogen) atoms. The standard InChI is InChI=1S/C29H54O3P2/c1-19-13-21(15-34(23(3,4)5)24(6,7)8)22(14-20(19)2)29(18-33)25(9)16-27(11)31-26(29,10)17-28(12,30-25)32-27/h19-22H,13-18,33H2,1-12H3/t19-,20?,21-,22?,25?,26?,27?,28?,29?/m0/s1. The van der Waals surface area contributed by atoms with Gasteiger partial charge in [-0.05, 0) is 86.8 Å². The fraction of sp³-hybridized carbons (Fsp3) is 1.00. The molecule has 0 aromatic rings. The highest BCUT2D eigenvalue weighted by Gasteiger charge is 2.79. The summed E-state index contributed by atoms with van der Waals surface area (Å²) in [5.41, 5.74) is -0.544. The zero-order chi connectivity index (χ0) is 25.8. The van der Waals surface area contributed by atoms with Gasteiger partial charge in [-0.1, -0.05) is 63.3 Å². The number of ether oxygens (including phenoxy) is 3. The van der Waals surface area contributed by atoms with Crippen LogP contribution in [0.4, 0.5) is 0 Å². The molecule has 7 unspecified atom stereocenters. The summed E-state index contributed by atoms with van der Waals surface area (Å²) in [5, 5.41) is 0.691. The lowest BCUT2D eigenvalue weighted by atomic mass is 9.45. The van der Waals surface area contributed by atoms with Gasteiger partial charge in [-0.15, -0.1) is 9.24 Å². The maximum Gasteiger partial charge on any atom is 0.172 e. The quantitative estimate of drug-likeness (QED) is 0.357. The Morgan fingerprint density at radius 2 is 1.21 bits per heavy atom. The van der Waals surface area contributed by atoms with Gasteiger partial charge in [0, 0.05) is 18.3 Å². The lowest BCUT2D eigenvalue weighted by Gasteiger charge is -2.77. The molecule has 1 aliphatic carbocycles. The van der Waals surface area contributed by atoms with Crippen molar-refractivity contribution in [1.29, 1.82) is 0 Å². The maximum atomic E-state index is 7.03.